The Labute approximate surface area is 110 Å². The van der Waals surface area contributed by atoms with Gasteiger partial charge in [-0.3, -0.25) is 4.79 Å². The van der Waals surface area contributed by atoms with E-state index in [1.54, 1.807) is 19.0 Å². The van der Waals surface area contributed by atoms with Gasteiger partial charge in [0.2, 0.25) is 11.0 Å². The minimum atomic E-state index is 0.0886. The normalized spacial score (nSPS) is 10.3. The highest BCUT2D eigenvalue weighted by atomic mass is 32.2. The molecule has 1 aromatic rings. The first-order chi connectivity index (χ1) is 8.13. The first kappa shape index (κ1) is 14.2. The predicted molar refractivity (Wildman–Crippen MR) is 72.7 cm³/mol. The second kappa shape index (κ2) is 7.50. The molecule has 0 aliphatic carbocycles. The molecule has 1 aromatic heterocycles. The van der Waals surface area contributed by atoms with Crippen molar-refractivity contribution >= 4 is 34.1 Å². The van der Waals surface area contributed by atoms with Crippen molar-refractivity contribution in [2.75, 3.05) is 31.7 Å². The number of hydrogen-bond acceptors (Lipinski definition) is 6. The number of hydrogen-bond donors (Lipinski definition) is 1. The Hall–Kier alpha value is -0.820. The average molecular weight is 274 g/mol. The first-order valence-corrected chi connectivity index (χ1v) is 7.34. The van der Waals surface area contributed by atoms with Gasteiger partial charge < -0.3 is 10.2 Å². The second-order valence-corrected chi connectivity index (χ2v) is 5.93. The summed E-state index contributed by atoms with van der Waals surface area (Å²) in [6.45, 7) is 3.07. The Kier molecular flexibility index (Phi) is 6.28. The molecule has 0 unspecified atom stereocenters. The minimum absolute atomic E-state index is 0.0886. The monoisotopic (exact) mass is 274 g/mol. The number of unbranched alkanes of at least 4 members (excludes halogenated alkanes) is 1. The lowest BCUT2D eigenvalue weighted by Gasteiger charge is -2.07. The van der Waals surface area contributed by atoms with Gasteiger partial charge in [0.1, 0.15) is 0 Å². The lowest BCUT2D eigenvalue weighted by Crippen LogP contribution is -2.23. The molecule has 0 bridgehead atoms. The van der Waals surface area contributed by atoms with E-state index < -0.39 is 0 Å². The quantitative estimate of drug-likeness (QED) is 0.608. The third-order valence-corrected chi connectivity index (χ3v) is 4.03. The van der Waals surface area contributed by atoms with E-state index in [9.17, 15) is 4.79 Å². The topological polar surface area (TPSA) is 58.1 Å². The Morgan fingerprint density at radius 1 is 1.47 bits per heavy atom. The zero-order valence-corrected chi connectivity index (χ0v) is 12.0. The van der Waals surface area contributed by atoms with Gasteiger partial charge in [0.05, 0.1) is 5.75 Å². The lowest BCUT2D eigenvalue weighted by atomic mass is 10.3. The van der Waals surface area contributed by atoms with Crippen molar-refractivity contribution < 1.29 is 4.79 Å². The number of carbonyl (C=O) groups excluding carboxylic acids is 1. The maximum atomic E-state index is 11.4. The van der Waals surface area contributed by atoms with Crippen LogP contribution < -0.4 is 5.32 Å². The van der Waals surface area contributed by atoms with Gasteiger partial charge in [-0.05, 0) is 6.42 Å². The highest BCUT2D eigenvalue weighted by molar-refractivity contribution is 8.01. The van der Waals surface area contributed by atoms with E-state index in [1.807, 2.05) is 0 Å². The summed E-state index contributed by atoms with van der Waals surface area (Å²) in [6.07, 6.45) is 2.28. The Morgan fingerprint density at radius 3 is 2.88 bits per heavy atom. The maximum absolute atomic E-state index is 11.4. The molecule has 1 heterocycles. The molecule has 0 radical (unpaired) electrons. The number of anilines is 1. The van der Waals surface area contributed by atoms with Crippen LogP contribution in [0.3, 0.4) is 0 Å². The van der Waals surface area contributed by atoms with Gasteiger partial charge >= 0.3 is 0 Å². The van der Waals surface area contributed by atoms with Crippen molar-refractivity contribution in [1.82, 2.24) is 15.1 Å². The molecule has 7 heteroatoms. The molecule has 96 valence electrons. The molecule has 17 heavy (non-hydrogen) atoms. The van der Waals surface area contributed by atoms with E-state index in [4.69, 9.17) is 0 Å². The van der Waals surface area contributed by atoms with E-state index in [1.165, 1.54) is 23.1 Å². The standard InChI is InChI=1S/C10H18N4OS2/c1-4-5-6-11-9-12-13-10(17-9)16-7-8(15)14(2)3/h4-7H2,1-3H3,(H,11,12). The van der Waals surface area contributed by atoms with Gasteiger partial charge in [-0.25, -0.2) is 0 Å². The van der Waals surface area contributed by atoms with Gasteiger partial charge in [-0.1, -0.05) is 36.4 Å². The van der Waals surface area contributed by atoms with Crippen molar-refractivity contribution in [1.29, 1.82) is 0 Å². The summed E-state index contributed by atoms with van der Waals surface area (Å²) >= 11 is 2.93. The van der Waals surface area contributed by atoms with Crippen molar-refractivity contribution in [3.05, 3.63) is 0 Å². The van der Waals surface area contributed by atoms with Crippen LogP contribution in [-0.2, 0) is 4.79 Å². The number of carbonyl (C=O) groups is 1. The minimum Gasteiger partial charge on any atom is -0.360 e. The van der Waals surface area contributed by atoms with Crippen LogP contribution in [-0.4, -0.2) is 47.4 Å². The number of nitrogens with one attached hydrogen (secondary N) is 1. The summed E-state index contributed by atoms with van der Waals surface area (Å²) in [6, 6.07) is 0. The molecule has 0 aliphatic rings. The van der Waals surface area contributed by atoms with Crippen LogP contribution in [0, 0.1) is 0 Å². The zero-order chi connectivity index (χ0) is 12.7. The third-order valence-electron chi connectivity index (χ3n) is 2.03. The average Bonchev–Trinajstić information content (AvgIpc) is 2.74. The van der Waals surface area contributed by atoms with Crippen molar-refractivity contribution in [2.24, 2.45) is 0 Å². The summed E-state index contributed by atoms with van der Waals surface area (Å²) in [5, 5.41) is 12.1. The van der Waals surface area contributed by atoms with Crippen LogP contribution in [0.1, 0.15) is 19.8 Å². The molecule has 0 atom stereocenters. The maximum Gasteiger partial charge on any atom is 0.232 e. The summed E-state index contributed by atoms with van der Waals surface area (Å²) in [7, 11) is 3.50. The Bertz CT molecular complexity index is 354. The van der Waals surface area contributed by atoms with Crippen LogP contribution in [0.5, 0.6) is 0 Å². The van der Waals surface area contributed by atoms with Crippen LogP contribution in [0.25, 0.3) is 0 Å². The fraction of sp³-hybridized carbons (Fsp3) is 0.700. The lowest BCUT2D eigenvalue weighted by molar-refractivity contribution is -0.125. The van der Waals surface area contributed by atoms with Crippen molar-refractivity contribution in [3.63, 3.8) is 0 Å². The molecule has 0 saturated heterocycles. The number of rotatable bonds is 7. The predicted octanol–water partition coefficient (Wildman–Crippen LogP) is 1.93. The number of thioether (sulfide) groups is 1. The van der Waals surface area contributed by atoms with E-state index >= 15 is 0 Å². The Balaban J connectivity index is 2.33. The molecule has 0 saturated carbocycles. The molecule has 1 amide bonds. The van der Waals surface area contributed by atoms with Crippen LogP contribution in [0.15, 0.2) is 4.34 Å². The van der Waals surface area contributed by atoms with Gasteiger partial charge in [-0.2, -0.15) is 0 Å². The number of aromatic nitrogens is 2. The fourth-order valence-corrected chi connectivity index (χ4v) is 2.72. The third kappa shape index (κ3) is 5.36. The van der Waals surface area contributed by atoms with E-state index in [-0.39, 0.29) is 5.91 Å². The summed E-state index contributed by atoms with van der Waals surface area (Å²) in [5.41, 5.74) is 0. The van der Waals surface area contributed by atoms with Gasteiger partial charge in [-0.15, -0.1) is 10.2 Å². The molecule has 0 fully saturated rings. The SMILES string of the molecule is CCCCNc1nnc(SCC(=O)N(C)C)s1. The van der Waals surface area contributed by atoms with E-state index in [0.29, 0.717) is 5.75 Å². The number of amides is 1. The molecule has 0 aromatic carbocycles. The van der Waals surface area contributed by atoms with E-state index in [0.717, 1.165) is 28.9 Å². The highest BCUT2D eigenvalue weighted by Gasteiger charge is 2.08. The molecule has 1 rings (SSSR count). The molecule has 0 aliphatic heterocycles. The van der Waals surface area contributed by atoms with E-state index in [2.05, 4.69) is 22.4 Å². The number of nitrogens with zero attached hydrogens (tertiary/aromatic N) is 3. The van der Waals surface area contributed by atoms with Crippen molar-refractivity contribution in [2.45, 2.75) is 24.1 Å². The van der Waals surface area contributed by atoms with Gasteiger partial charge in [0, 0.05) is 20.6 Å². The summed E-state index contributed by atoms with van der Waals surface area (Å²) < 4.78 is 0.833. The van der Waals surface area contributed by atoms with Gasteiger partial charge in [0.25, 0.3) is 0 Å². The second-order valence-electron chi connectivity index (χ2n) is 3.73. The summed E-state index contributed by atoms with van der Waals surface area (Å²) in [4.78, 5) is 13.0. The van der Waals surface area contributed by atoms with Crippen LogP contribution in [0.4, 0.5) is 5.13 Å². The molecule has 1 N–H and O–H groups in total. The fourth-order valence-electron chi connectivity index (χ4n) is 0.964. The van der Waals surface area contributed by atoms with Gasteiger partial charge in [0.15, 0.2) is 4.34 Å². The summed E-state index contributed by atoms with van der Waals surface area (Å²) in [5.74, 6) is 0.502. The zero-order valence-electron chi connectivity index (χ0n) is 10.4. The Morgan fingerprint density at radius 2 is 2.24 bits per heavy atom. The molecular weight excluding hydrogens is 256 g/mol. The van der Waals surface area contributed by atoms with Crippen LogP contribution in [0.2, 0.25) is 0 Å². The molecule has 5 nitrogen and oxygen atoms in total. The molecular formula is C10H18N4OS2. The molecule has 0 spiro atoms. The van der Waals surface area contributed by atoms with Crippen LogP contribution >= 0.6 is 23.1 Å². The highest BCUT2D eigenvalue weighted by Crippen LogP contribution is 2.25. The smallest absolute Gasteiger partial charge is 0.232 e. The van der Waals surface area contributed by atoms with Crippen molar-refractivity contribution in [3.8, 4) is 0 Å². The first-order valence-electron chi connectivity index (χ1n) is 5.53. The largest absolute Gasteiger partial charge is 0.360 e.